The van der Waals surface area contributed by atoms with Crippen molar-refractivity contribution in [2.75, 3.05) is 26.5 Å². The second-order valence-electron chi connectivity index (χ2n) is 7.66. The molecule has 178 valence electrons. The van der Waals surface area contributed by atoms with E-state index in [2.05, 4.69) is 12.2 Å². The first-order chi connectivity index (χ1) is 15.9. The van der Waals surface area contributed by atoms with Crippen LogP contribution >= 0.6 is 35.0 Å². The maximum absolute atomic E-state index is 13.6. The maximum Gasteiger partial charge on any atom is 0.255 e. The Hall–Kier alpha value is -2.09. The molecule has 9 heteroatoms. The van der Waals surface area contributed by atoms with Crippen molar-refractivity contribution in [1.82, 2.24) is 10.2 Å². The average molecular weight is 511 g/mol. The fourth-order valence-corrected chi connectivity index (χ4v) is 5.42. The number of nitrogens with zero attached hydrogens (tertiary/aromatic N) is 1. The highest BCUT2D eigenvalue weighted by molar-refractivity contribution is 7.99. The summed E-state index contributed by atoms with van der Waals surface area (Å²) in [5.74, 6) is 1.19. The summed E-state index contributed by atoms with van der Waals surface area (Å²) in [5.41, 5.74) is 1.22. The lowest BCUT2D eigenvalue weighted by Gasteiger charge is -2.29. The first-order valence-corrected chi connectivity index (χ1v) is 12.6. The van der Waals surface area contributed by atoms with Crippen LogP contribution in [-0.2, 0) is 4.79 Å². The molecule has 33 heavy (non-hydrogen) atoms. The van der Waals surface area contributed by atoms with Crippen molar-refractivity contribution >= 4 is 46.8 Å². The third kappa shape index (κ3) is 5.89. The Kier molecular flexibility index (Phi) is 9.18. The van der Waals surface area contributed by atoms with Crippen LogP contribution in [0.1, 0.15) is 47.5 Å². The van der Waals surface area contributed by atoms with Gasteiger partial charge in [-0.25, -0.2) is 0 Å². The summed E-state index contributed by atoms with van der Waals surface area (Å²) in [6.45, 7) is 2.70. The van der Waals surface area contributed by atoms with E-state index in [1.165, 1.54) is 17.8 Å². The summed E-state index contributed by atoms with van der Waals surface area (Å²) >= 11 is 13.7. The minimum absolute atomic E-state index is 0.157. The molecule has 0 spiro atoms. The van der Waals surface area contributed by atoms with Crippen LogP contribution in [-0.4, -0.2) is 49.3 Å². The predicted molar refractivity (Wildman–Crippen MR) is 134 cm³/mol. The molecule has 1 saturated heterocycles. The Morgan fingerprint density at radius 2 is 1.82 bits per heavy atom. The fourth-order valence-electron chi connectivity index (χ4n) is 3.70. The predicted octanol–water partition coefficient (Wildman–Crippen LogP) is 5.57. The van der Waals surface area contributed by atoms with E-state index in [-0.39, 0.29) is 22.2 Å². The van der Waals surface area contributed by atoms with Gasteiger partial charge in [0.05, 0.1) is 24.3 Å². The number of nitrogens with one attached hydrogen (secondary N) is 1. The molecule has 0 aliphatic carbocycles. The molecule has 2 aromatic carbocycles. The van der Waals surface area contributed by atoms with Gasteiger partial charge in [0.25, 0.3) is 5.91 Å². The molecule has 1 aliphatic heterocycles. The zero-order valence-corrected chi connectivity index (χ0v) is 21.2. The minimum atomic E-state index is -0.614. The van der Waals surface area contributed by atoms with Gasteiger partial charge in [-0.15, -0.1) is 11.8 Å². The Labute approximate surface area is 208 Å². The van der Waals surface area contributed by atoms with E-state index >= 15 is 0 Å². The standard InChI is InChI=1S/C24H28Cl2N2O4S/c1-4-5-6-11-27-22(29)19-14-33-24(16-8-10-20(31-2)21(13-16)32-3)28(19)23(30)15-7-9-17(25)18(26)12-15/h7-10,12-13,19,24H,4-6,11,14H2,1-3H3,(H,27,29). The van der Waals surface area contributed by atoms with Gasteiger partial charge in [0, 0.05) is 17.9 Å². The molecular weight excluding hydrogens is 483 g/mol. The van der Waals surface area contributed by atoms with Gasteiger partial charge in [-0.05, 0) is 42.3 Å². The topological polar surface area (TPSA) is 67.9 Å². The fraction of sp³-hybridized carbons (Fsp3) is 0.417. The number of amides is 2. The molecule has 2 unspecified atom stereocenters. The number of unbranched alkanes of at least 4 members (excludes halogenated alkanes) is 2. The summed E-state index contributed by atoms with van der Waals surface area (Å²) in [7, 11) is 3.13. The van der Waals surface area contributed by atoms with Crippen LogP contribution in [0.15, 0.2) is 36.4 Å². The molecule has 2 atom stereocenters. The van der Waals surface area contributed by atoms with Gasteiger partial charge in [0.2, 0.25) is 5.91 Å². The Balaban J connectivity index is 1.94. The van der Waals surface area contributed by atoms with Crippen LogP contribution in [0, 0.1) is 0 Å². The molecule has 1 N–H and O–H groups in total. The molecule has 1 fully saturated rings. The van der Waals surface area contributed by atoms with Crippen molar-refractivity contribution in [2.24, 2.45) is 0 Å². The van der Waals surface area contributed by atoms with Crippen molar-refractivity contribution in [3.8, 4) is 11.5 Å². The lowest BCUT2D eigenvalue weighted by molar-refractivity contribution is -0.124. The number of thioether (sulfide) groups is 1. The van der Waals surface area contributed by atoms with Crippen molar-refractivity contribution in [3.05, 3.63) is 57.6 Å². The third-order valence-corrected chi connectivity index (χ3v) is 7.54. The molecule has 2 amide bonds. The van der Waals surface area contributed by atoms with Crippen molar-refractivity contribution in [3.63, 3.8) is 0 Å². The van der Waals surface area contributed by atoms with Crippen molar-refractivity contribution in [1.29, 1.82) is 0 Å². The number of hydrogen-bond donors (Lipinski definition) is 1. The van der Waals surface area contributed by atoms with Crippen LogP contribution < -0.4 is 14.8 Å². The molecule has 1 heterocycles. The minimum Gasteiger partial charge on any atom is -0.493 e. The Morgan fingerprint density at radius 1 is 1.06 bits per heavy atom. The summed E-state index contributed by atoms with van der Waals surface area (Å²) < 4.78 is 10.8. The van der Waals surface area contributed by atoms with E-state index in [0.29, 0.717) is 34.4 Å². The molecule has 0 aromatic heterocycles. The third-order valence-electron chi connectivity index (χ3n) is 5.48. The van der Waals surface area contributed by atoms with E-state index < -0.39 is 6.04 Å². The van der Waals surface area contributed by atoms with Crippen LogP contribution in [0.5, 0.6) is 11.5 Å². The van der Waals surface area contributed by atoms with E-state index in [9.17, 15) is 9.59 Å². The van der Waals surface area contributed by atoms with Crippen LogP contribution in [0.2, 0.25) is 10.0 Å². The lowest BCUT2D eigenvalue weighted by atomic mass is 10.1. The van der Waals surface area contributed by atoms with Gasteiger partial charge in [0.1, 0.15) is 11.4 Å². The summed E-state index contributed by atoms with van der Waals surface area (Å²) in [6.07, 6.45) is 3.01. The molecule has 0 radical (unpaired) electrons. The molecule has 6 nitrogen and oxygen atoms in total. The molecule has 1 aliphatic rings. The van der Waals surface area contributed by atoms with E-state index in [0.717, 1.165) is 24.8 Å². The van der Waals surface area contributed by atoms with E-state index in [1.54, 1.807) is 37.3 Å². The first-order valence-electron chi connectivity index (χ1n) is 10.8. The molecule has 0 bridgehead atoms. The van der Waals surface area contributed by atoms with Crippen LogP contribution in [0.4, 0.5) is 0 Å². The first kappa shape index (κ1) is 25.5. The number of benzene rings is 2. The molecular formula is C24H28Cl2N2O4S. The number of rotatable bonds is 9. The van der Waals surface area contributed by atoms with Gasteiger partial charge >= 0.3 is 0 Å². The number of ether oxygens (including phenoxy) is 2. The number of methoxy groups -OCH3 is 2. The van der Waals surface area contributed by atoms with E-state index in [4.69, 9.17) is 32.7 Å². The number of carbonyl (C=O) groups excluding carboxylic acids is 2. The quantitative estimate of drug-likeness (QED) is 0.446. The van der Waals surface area contributed by atoms with Crippen molar-refractivity contribution < 1.29 is 19.1 Å². The van der Waals surface area contributed by atoms with Gasteiger partial charge in [-0.2, -0.15) is 0 Å². The number of carbonyl (C=O) groups is 2. The normalized spacial score (nSPS) is 17.7. The number of hydrogen-bond acceptors (Lipinski definition) is 5. The Bertz CT molecular complexity index is 1000. The molecule has 2 aromatic rings. The zero-order chi connectivity index (χ0) is 24.0. The highest BCUT2D eigenvalue weighted by atomic mass is 35.5. The van der Waals surface area contributed by atoms with Gasteiger partial charge in [0.15, 0.2) is 11.5 Å². The van der Waals surface area contributed by atoms with E-state index in [1.807, 2.05) is 12.1 Å². The second kappa shape index (κ2) is 11.9. The Morgan fingerprint density at radius 3 is 2.48 bits per heavy atom. The van der Waals surface area contributed by atoms with Crippen LogP contribution in [0.3, 0.4) is 0 Å². The summed E-state index contributed by atoms with van der Waals surface area (Å²) in [5, 5.41) is 3.27. The lowest BCUT2D eigenvalue weighted by Crippen LogP contribution is -2.48. The molecule has 3 rings (SSSR count). The maximum atomic E-state index is 13.6. The second-order valence-corrected chi connectivity index (χ2v) is 9.58. The van der Waals surface area contributed by atoms with Crippen LogP contribution in [0.25, 0.3) is 0 Å². The largest absolute Gasteiger partial charge is 0.493 e. The monoisotopic (exact) mass is 510 g/mol. The highest BCUT2D eigenvalue weighted by Crippen LogP contribution is 2.44. The number of halogens is 2. The van der Waals surface area contributed by atoms with Gasteiger partial charge in [-0.1, -0.05) is 49.0 Å². The van der Waals surface area contributed by atoms with Gasteiger partial charge < -0.3 is 19.7 Å². The summed E-state index contributed by atoms with van der Waals surface area (Å²) in [6, 6.07) is 9.67. The zero-order valence-electron chi connectivity index (χ0n) is 18.9. The smallest absolute Gasteiger partial charge is 0.255 e. The summed E-state index contributed by atoms with van der Waals surface area (Å²) in [4.78, 5) is 28.3. The van der Waals surface area contributed by atoms with Gasteiger partial charge in [-0.3, -0.25) is 9.59 Å². The SMILES string of the molecule is CCCCCNC(=O)C1CSC(c2ccc(OC)c(OC)c2)N1C(=O)c1ccc(Cl)c(Cl)c1. The average Bonchev–Trinajstić information content (AvgIpc) is 3.27. The molecule has 0 saturated carbocycles. The highest BCUT2D eigenvalue weighted by Gasteiger charge is 2.42. The van der Waals surface area contributed by atoms with Crippen molar-refractivity contribution in [2.45, 2.75) is 37.6 Å².